The number of rotatable bonds is 9. The number of amides is 2. The lowest BCUT2D eigenvalue weighted by Crippen LogP contribution is -2.55. The van der Waals surface area contributed by atoms with Gasteiger partial charge in [0.2, 0.25) is 11.8 Å². The van der Waals surface area contributed by atoms with Crippen molar-refractivity contribution in [1.29, 1.82) is 0 Å². The van der Waals surface area contributed by atoms with E-state index in [0.717, 1.165) is 17.7 Å². The number of aliphatic hydroxyl groups is 1. The maximum Gasteiger partial charge on any atom is 0.246 e. The van der Waals surface area contributed by atoms with E-state index in [-0.39, 0.29) is 36.3 Å². The zero-order chi connectivity index (χ0) is 26.5. The molecule has 2 aliphatic heterocycles. The Morgan fingerprint density at radius 3 is 2.73 bits per heavy atom. The van der Waals surface area contributed by atoms with Crippen LogP contribution < -0.4 is 15.4 Å². The van der Waals surface area contributed by atoms with Gasteiger partial charge in [-0.2, -0.15) is 0 Å². The molecule has 37 heavy (non-hydrogen) atoms. The molecular formula is C27H32ClFN4O4. The molecule has 0 aliphatic carbocycles. The van der Waals surface area contributed by atoms with E-state index in [1.807, 2.05) is 0 Å². The summed E-state index contributed by atoms with van der Waals surface area (Å²) in [4.78, 5) is 28.9. The van der Waals surface area contributed by atoms with Crippen molar-refractivity contribution in [3.63, 3.8) is 0 Å². The second-order valence-corrected chi connectivity index (χ2v) is 9.75. The van der Waals surface area contributed by atoms with Crippen LogP contribution in [0.15, 0.2) is 49.1 Å². The van der Waals surface area contributed by atoms with Gasteiger partial charge < -0.3 is 20.5 Å². The minimum Gasteiger partial charge on any atom is -0.495 e. The maximum atomic E-state index is 13.3. The first kappa shape index (κ1) is 27.1. The lowest BCUT2D eigenvalue weighted by atomic mass is 9.98. The van der Waals surface area contributed by atoms with Crippen LogP contribution >= 0.6 is 11.6 Å². The molecule has 0 radical (unpaired) electrons. The van der Waals surface area contributed by atoms with Crippen LogP contribution in [0.3, 0.4) is 0 Å². The molecule has 0 spiro atoms. The molecule has 2 unspecified atom stereocenters. The molecule has 0 aromatic heterocycles. The second-order valence-electron chi connectivity index (χ2n) is 9.34. The highest BCUT2D eigenvalue weighted by Crippen LogP contribution is 2.38. The molecule has 0 bridgehead atoms. The van der Waals surface area contributed by atoms with E-state index < -0.39 is 6.04 Å². The standard InChI is InChI=1S/C27H32ClFN4O4/c1-3-24(33-11-10-32(15-19(33)16-34)14-17-4-6-18(29)7-5-17)20-12-25(37-2)21(28)13-23(20)31-27(36)22-8-9-26(35)30-22/h3-7,12-13,19,22,24,34H,1,8-11,14-16H2,2H3,(H,30,35)(H,31,36)/t19-,22?,24?/m0/s1. The van der Waals surface area contributed by atoms with Gasteiger partial charge in [-0.1, -0.05) is 29.8 Å². The van der Waals surface area contributed by atoms with Gasteiger partial charge in [0.1, 0.15) is 17.6 Å². The van der Waals surface area contributed by atoms with Crippen molar-refractivity contribution in [3.8, 4) is 5.75 Å². The number of benzene rings is 2. The molecule has 2 saturated heterocycles. The van der Waals surface area contributed by atoms with Crippen molar-refractivity contribution in [2.24, 2.45) is 0 Å². The third-order valence-electron chi connectivity index (χ3n) is 6.94. The zero-order valence-electron chi connectivity index (χ0n) is 20.8. The average molecular weight is 531 g/mol. The van der Waals surface area contributed by atoms with Gasteiger partial charge in [0.15, 0.2) is 0 Å². The van der Waals surface area contributed by atoms with Crippen LogP contribution in [0, 0.1) is 5.82 Å². The van der Waals surface area contributed by atoms with E-state index >= 15 is 0 Å². The van der Waals surface area contributed by atoms with Gasteiger partial charge in [0.25, 0.3) is 0 Å². The fourth-order valence-electron chi connectivity index (χ4n) is 5.00. The summed E-state index contributed by atoms with van der Waals surface area (Å²) >= 11 is 6.41. The molecule has 2 heterocycles. The van der Waals surface area contributed by atoms with Crippen molar-refractivity contribution in [3.05, 3.63) is 71.0 Å². The van der Waals surface area contributed by atoms with E-state index in [4.69, 9.17) is 16.3 Å². The number of aliphatic hydroxyl groups excluding tert-OH is 1. The largest absolute Gasteiger partial charge is 0.495 e. The fourth-order valence-corrected chi connectivity index (χ4v) is 5.25. The van der Waals surface area contributed by atoms with Crippen molar-refractivity contribution in [1.82, 2.24) is 15.1 Å². The molecule has 2 aromatic carbocycles. The first-order valence-corrected chi connectivity index (χ1v) is 12.6. The molecule has 4 rings (SSSR count). The number of hydrogen-bond donors (Lipinski definition) is 3. The topological polar surface area (TPSA) is 94.1 Å². The highest BCUT2D eigenvalue weighted by atomic mass is 35.5. The van der Waals surface area contributed by atoms with Crippen LogP contribution in [0.5, 0.6) is 5.75 Å². The molecule has 3 atom stereocenters. The highest BCUT2D eigenvalue weighted by molar-refractivity contribution is 6.32. The van der Waals surface area contributed by atoms with Crippen LogP contribution in [0.2, 0.25) is 5.02 Å². The Morgan fingerprint density at radius 1 is 1.35 bits per heavy atom. The predicted molar refractivity (Wildman–Crippen MR) is 140 cm³/mol. The summed E-state index contributed by atoms with van der Waals surface area (Å²) in [6, 6.07) is 8.67. The van der Waals surface area contributed by atoms with Crippen LogP contribution in [0.25, 0.3) is 0 Å². The molecule has 2 aromatic rings. The van der Waals surface area contributed by atoms with Crippen molar-refractivity contribution >= 4 is 29.1 Å². The maximum absolute atomic E-state index is 13.3. The minimum absolute atomic E-state index is 0.0786. The number of anilines is 1. The van der Waals surface area contributed by atoms with Gasteiger partial charge in [-0.05, 0) is 36.2 Å². The van der Waals surface area contributed by atoms with Gasteiger partial charge in [-0.3, -0.25) is 19.4 Å². The number of nitrogens with zero attached hydrogens (tertiary/aromatic N) is 2. The number of methoxy groups -OCH3 is 1. The monoisotopic (exact) mass is 530 g/mol. The summed E-state index contributed by atoms with van der Waals surface area (Å²) in [6.45, 7) is 6.55. The van der Waals surface area contributed by atoms with E-state index in [1.54, 1.807) is 30.3 Å². The average Bonchev–Trinajstić information content (AvgIpc) is 3.34. The molecule has 10 heteroatoms. The number of piperazine rings is 1. The third-order valence-corrected chi connectivity index (χ3v) is 7.23. The minimum atomic E-state index is -0.608. The normalized spacial score (nSPS) is 21.4. The SMILES string of the molecule is C=CC(c1cc(OC)c(Cl)cc1NC(=O)C1CCC(=O)N1)N1CCN(Cc2ccc(F)cc2)C[C@H]1CO. The molecule has 198 valence electrons. The number of halogens is 2. The summed E-state index contributed by atoms with van der Waals surface area (Å²) in [5.74, 6) is -0.293. The highest BCUT2D eigenvalue weighted by Gasteiger charge is 2.34. The summed E-state index contributed by atoms with van der Waals surface area (Å²) in [6.07, 6.45) is 2.51. The van der Waals surface area contributed by atoms with Crippen LogP contribution in [0.1, 0.15) is 30.0 Å². The number of carbonyl (C=O) groups is 2. The number of carbonyl (C=O) groups excluding carboxylic acids is 2. The fraction of sp³-hybridized carbons (Fsp3) is 0.407. The van der Waals surface area contributed by atoms with E-state index in [2.05, 4.69) is 27.0 Å². The van der Waals surface area contributed by atoms with Crippen LogP contribution in [-0.2, 0) is 16.1 Å². The third kappa shape index (κ3) is 6.30. The first-order valence-electron chi connectivity index (χ1n) is 12.3. The van der Waals surface area contributed by atoms with Gasteiger partial charge >= 0.3 is 0 Å². The lowest BCUT2D eigenvalue weighted by molar-refractivity contribution is -0.122. The second kappa shape index (κ2) is 12.0. The Kier molecular flexibility index (Phi) is 8.81. The number of ether oxygens (including phenoxy) is 1. The smallest absolute Gasteiger partial charge is 0.246 e. The molecule has 3 N–H and O–H groups in total. The Bertz CT molecular complexity index is 1150. The molecule has 8 nitrogen and oxygen atoms in total. The summed E-state index contributed by atoms with van der Waals surface area (Å²) in [7, 11) is 1.52. The van der Waals surface area contributed by atoms with Gasteiger partial charge in [0.05, 0.1) is 24.8 Å². The summed E-state index contributed by atoms with van der Waals surface area (Å²) in [5.41, 5.74) is 2.21. The Hall–Kier alpha value is -2.98. The van der Waals surface area contributed by atoms with Gasteiger partial charge in [-0.25, -0.2) is 4.39 Å². The van der Waals surface area contributed by atoms with E-state index in [1.165, 1.54) is 19.2 Å². The van der Waals surface area contributed by atoms with Gasteiger partial charge in [0, 0.05) is 49.9 Å². The Labute approximate surface area is 221 Å². The predicted octanol–water partition coefficient (Wildman–Crippen LogP) is 3.11. The quantitative estimate of drug-likeness (QED) is 0.431. The Balaban J connectivity index is 1.56. The van der Waals surface area contributed by atoms with Crippen LogP contribution in [0.4, 0.5) is 10.1 Å². The molecule has 2 fully saturated rings. The van der Waals surface area contributed by atoms with Gasteiger partial charge in [-0.15, -0.1) is 6.58 Å². The number of nitrogens with one attached hydrogen (secondary N) is 2. The molecule has 2 amide bonds. The lowest BCUT2D eigenvalue weighted by Gasteiger charge is -2.44. The van der Waals surface area contributed by atoms with E-state index in [9.17, 15) is 19.1 Å². The summed E-state index contributed by atoms with van der Waals surface area (Å²) in [5, 5.41) is 16.2. The zero-order valence-corrected chi connectivity index (χ0v) is 21.5. The van der Waals surface area contributed by atoms with Crippen molar-refractivity contribution < 1.29 is 23.8 Å². The molecule has 2 aliphatic rings. The first-order chi connectivity index (χ1) is 17.8. The molecule has 0 saturated carbocycles. The molecular weight excluding hydrogens is 499 g/mol. The summed E-state index contributed by atoms with van der Waals surface area (Å²) < 4.78 is 18.7. The van der Waals surface area contributed by atoms with E-state index in [0.29, 0.717) is 48.9 Å². The Morgan fingerprint density at radius 2 is 2.11 bits per heavy atom. The number of hydrogen-bond acceptors (Lipinski definition) is 6. The van der Waals surface area contributed by atoms with Crippen molar-refractivity contribution in [2.75, 3.05) is 38.7 Å². The van der Waals surface area contributed by atoms with Crippen molar-refractivity contribution in [2.45, 2.75) is 37.5 Å². The van der Waals surface area contributed by atoms with Crippen LogP contribution in [-0.4, -0.2) is 72.2 Å².